The highest BCUT2D eigenvalue weighted by molar-refractivity contribution is 6.05. The van der Waals surface area contributed by atoms with Gasteiger partial charge in [0.2, 0.25) is 5.91 Å². The average molecular weight is 399 g/mol. The smallest absolute Gasteiger partial charge is 0.255 e. The second kappa shape index (κ2) is 9.18. The minimum atomic E-state index is -0.648. The summed E-state index contributed by atoms with van der Waals surface area (Å²) < 4.78 is 19.4. The third-order valence-electron chi connectivity index (χ3n) is 4.42. The molecule has 1 fully saturated rings. The van der Waals surface area contributed by atoms with Crippen molar-refractivity contribution in [1.82, 2.24) is 10.6 Å². The van der Waals surface area contributed by atoms with Gasteiger partial charge in [-0.2, -0.15) is 0 Å². The second-order valence-corrected chi connectivity index (χ2v) is 6.66. The quantitative estimate of drug-likeness (QED) is 0.666. The van der Waals surface area contributed by atoms with Crippen LogP contribution in [-0.4, -0.2) is 36.9 Å². The monoisotopic (exact) mass is 399 g/mol. The fraction of sp³-hybridized carbons (Fsp3) is 0.286. The highest BCUT2D eigenvalue weighted by atomic mass is 19.1. The lowest BCUT2D eigenvalue weighted by Crippen LogP contribution is -2.38. The van der Waals surface area contributed by atoms with Gasteiger partial charge in [0.1, 0.15) is 11.6 Å². The number of hydrogen-bond acceptors (Lipinski definition) is 4. The number of ether oxygens (including phenoxy) is 1. The van der Waals surface area contributed by atoms with E-state index in [2.05, 4.69) is 16.0 Å². The number of rotatable bonds is 7. The first-order valence-electron chi connectivity index (χ1n) is 9.37. The van der Waals surface area contributed by atoms with Crippen LogP contribution in [0.1, 0.15) is 40.5 Å². The predicted molar refractivity (Wildman–Crippen MR) is 105 cm³/mol. The number of hydrogen-bond donors (Lipinski definition) is 3. The van der Waals surface area contributed by atoms with Gasteiger partial charge < -0.3 is 20.7 Å². The zero-order valence-electron chi connectivity index (χ0n) is 16.0. The van der Waals surface area contributed by atoms with Gasteiger partial charge >= 0.3 is 0 Å². The molecule has 0 aliphatic carbocycles. The van der Waals surface area contributed by atoms with Gasteiger partial charge in [-0.05, 0) is 49.7 Å². The van der Waals surface area contributed by atoms with Crippen LogP contribution in [-0.2, 0) is 4.79 Å². The van der Waals surface area contributed by atoms with Crippen molar-refractivity contribution in [2.45, 2.75) is 25.8 Å². The third kappa shape index (κ3) is 5.54. The summed E-state index contributed by atoms with van der Waals surface area (Å²) in [6.45, 7) is 2.57. The largest absolute Gasteiger partial charge is 0.494 e. The summed E-state index contributed by atoms with van der Waals surface area (Å²) in [5.41, 5.74) is 0.590. The van der Waals surface area contributed by atoms with Gasteiger partial charge in [-0.3, -0.25) is 14.4 Å². The molecule has 3 N–H and O–H groups in total. The summed E-state index contributed by atoms with van der Waals surface area (Å²) in [6, 6.07) is 10.1. The highest BCUT2D eigenvalue weighted by Crippen LogP contribution is 2.18. The van der Waals surface area contributed by atoms with Crippen molar-refractivity contribution in [2.24, 2.45) is 0 Å². The zero-order valence-corrected chi connectivity index (χ0v) is 16.0. The van der Waals surface area contributed by atoms with Crippen molar-refractivity contribution >= 4 is 23.4 Å². The average Bonchev–Trinajstić information content (AvgIpc) is 3.11. The summed E-state index contributed by atoms with van der Waals surface area (Å²) in [5.74, 6) is -1.08. The molecule has 152 valence electrons. The molecule has 7 nitrogen and oxygen atoms in total. The lowest BCUT2D eigenvalue weighted by atomic mass is 10.1. The maximum atomic E-state index is 14.0. The van der Waals surface area contributed by atoms with E-state index in [0.717, 1.165) is 12.1 Å². The van der Waals surface area contributed by atoms with Crippen molar-refractivity contribution in [3.8, 4) is 5.75 Å². The van der Waals surface area contributed by atoms with Crippen LogP contribution in [0.3, 0.4) is 0 Å². The Hall–Kier alpha value is -3.42. The van der Waals surface area contributed by atoms with Crippen molar-refractivity contribution in [3.63, 3.8) is 0 Å². The van der Waals surface area contributed by atoms with E-state index in [1.165, 1.54) is 6.07 Å². The van der Waals surface area contributed by atoms with E-state index >= 15 is 0 Å². The molecular weight excluding hydrogens is 377 g/mol. The molecule has 0 spiro atoms. The summed E-state index contributed by atoms with van der Waals surface area (Å²) in [5, 5.41) is 8.01. The SMILES string of the molecule is CCOc1cccc(C(=O)Nc2cc(F)cc(C(=O)NCC3CCC(=O)N3)c2)c1. The Kier molecular flexibility index (Phi) is 6.43. The molecule has 2 aromatic rings. The molecule has 0 bridgehead atoms. The minimum Gasteiger partial charge on any atom is -0.494 e. The van der Waals surface area contributed by atoms with Gasteiger partial charge in [-0.25, -0.2) is 4.39 Å². The van der Waals surface area contributed by atoms with E-state index in [0.29, 0.717) is 30.8 Å². The van der Waals surface area contributed by atoms with Crippen LogP contribution in [0.25, 0.3) is 0 Å². The molecule has 0 radical (unpaired) electrons. The van der Waals surface area contributed by atoms with E-state index in [1.54, 1.807) is 24.3 Å². The summed E-state index contributed by atoms with van der Waals surface area (Å²) in [4.78, 5) is 36.0. The maximum Gasteiger partial charge on any atom is 0.255 e. The number of nitrogens with one attached hydrogen (secondary N) is 3. The summed E-state index contributed by atoms with van der Waals surface area (Å²) in [6.07, 6.45) is 1.07. The molecule has 1 aliphatic heterocycles. The number of carbonyl (C=O) groups excluding carboxylic acids is 3. The number of anilines is 1. The van der Waals surface area contributed by atoms with E-state index in [1.807, 2.05) is 6.92 Å². The van der Waals surface area contributed by atoms with Crippen LogP contribution in [0.4, 0.5) is 10.1 Å². The molecule has 1 atom stereocenters. The highest BCUT2D eigenvalue weighted by Gasteiger charge is 2.21. The first kappa shape index (κ1) is 20.3. The Labute approximate surface area is 167 Å². The van der Waals surface area contributed by atoms with Crippen LogP contribution in [0.2, 0.25) is 0 Å². The van der Waals surface area contributed by atoms with Crippen molar-refractivity contribution < 1.29 is 23.5 Å². The van der Waals surface area contributed by atoms with E-state index in [4.69, 9.17) is 4.74 Å². The molecule has 0 saturated carbocycles. The maximum absolute atomic E-state index is 14.0. The van der Waals surface area contributed by atoms with Crippen LogP contribution in [0.5, 0.6) is 5.75 Å². The van der Waals surface area contributed by atoms with Crippen LogP contribution in [0.15, 0.2) is 42.5 Å². The summed E-state index contributed by atoms with van der Waals surface area (Å²) >= 11 is 0. The van der Waals surface area contributed by atoms with Gasteiger partial charge in [0.05, 0.1) is 6.61 Å². The number of halogens is 1. The fourth-order valence-electron chi connectivity index (χ4n) is 3.04. The Morgan fingerprint density at radius 3 is 2.72 bits per heavy atom. The van der Waals surface area contributed by atoms with Gasteiger partial charge in [-0.1, -0.05) is 6.07 Å². The predicted octanol–water partition coefficient (Wildman–Crippen LogP) is 2.49. The van der Waals surface area contributed by atoms with Crippen LogP contribution >= 0.6 is 0 Å². The zero-order chi connectivity index (χ0) is 20.8. The van der Waals surface area contributed by atoms with Crippen molar-refractivity contribution in [1.29, 1.82) is 0 Å². The molecule has 1 unspecified atom stereocenters. The Morgan fingerprint density at radius 1 is 1.17 bits per heavy atom. The second-order valence-electron chi connectivity index (χ2n) is 6.66. The van der Waals surface area contributed by atoms with Crippen LogP contribution < -0.4 is 20.7 Å². The van der Waals surface area contributed by atoms with Gasteiger partial charge in [0.25, 0.3) is 11.8 Å². The Morgan fingerprint density at radius 2 is 2.00 bits per heavy atom. The normalized spacial score (nSPS) is 15.5. The molecule has 0 aromatic heterocycles. The first-order valence-corrected chi connectivity index (χ1v) is 9.37. The van der Waals surface area contributed by atoms with E-state index in [9.17, 15) is 18.8 Å². The standard InChI is InChI=1S/C21H22FN3O4/c1-2-29-18-5-3-4-13(10-18)21(28)25-17-9-14(8-15(22)11-17)20(27)23-12-16-6-7-19(26)24-16/h3-5,8-11,16H,2,6-7,12H2,1H3,(H,23,27)(H,24,26)(H,25,28). The Bertz CT molecular complexity index is 932. The Balaban J connectivity index is 1.66. The third-order valence-corrected chi connectivity index (χ3v) is 4.42. The minimum absolute atomic E-state index is 0.0478. The molecule has 1 heterocycles. The molecular formula is C21H22FN3O4. The fourth-order valence-corrected chi connectivity index (χ4v) is 3.04. The van der Waals surface area contributed by atoms with Gasteiger partial charge in [0, 0.05) is 35.8 Å². The van der Waals surface area contributed by atoms with Crippen molar-refractivity contribution in [3.05, 3.63) is 59.4 Å². The number of carbonyl (C=O) groups is 3. The number of amides is 3. The molecule has 3 amide bonds. The number of benzene rings is 2. The topological polar surface area (TPSA) is 96.5 Å². The van der Waals surface area contributed by atoms with E-state index < -0.39 is 17.6 Å². The lowest BCUT2D eigenvalue weighted by Gasteiger charge is -2.12. The molecule has 8 heteroatoms. The molecule has 3 rings (SSSR count). The van der Waals surface area contributed by atoms with Crippen molar-refractivity contribution in [2.75, 3.05) is 18.5 Å². The molecule has 29 heavy (non-hydrogen) atoms. The van der Waals surface area contributed by atoms with Crippen LogP contribution in [0, 0.1) is 5.82 Å². The van der Waals surface area contributed by atoms with E-state index in [-0.39, 0.29) is 29.7 Å². The van der Waals surface area contributed by atoms with Gasteiger partial charge in [-0.15, -0.1) is 0 Å². The lowest BCUT2D eigenvalue weighted by molar-refractivity contribution is -0.119. The molecule has 2 aromatic carbocycles. The first-order chi connectivity index (χ1) is 13.9. The molecule has 1 saturated heterocycles. The van der Waals surface area contributed by atoms with Gasteiger partial charge in [0.15, 0.2) is 0 Å². The molecule has 1 aliphatic rings. The summed E-state index contributed by atoms with van der Waals surface area (Å²) in [7, 11) is 0.